The van der Waals surface area contributed by atoms with Crippen LogP contribution in [0.3, 0.4) is 0 Å². The molecule has 0 aromatic carbocycles. The number of ether oxygens (including phenoxy) is 3. The quantitative estimate of drug-likeness (QED) is 0.646. The average Bonchev–Trinajstić information content (AvgIpc) is 3.04. The molecule has 0 N–H and O–H groups in total. The van der Waals surface area contributed by atoms with Gasteiger partial charge in [0, 0.05) is 18.3 Å². The van der Waals surface area contributed by atoms with Gasteiger partial charge in [0.2, 0.25) is 12.6 Å². The molecule has 2 heterocycles. The van der Waals surface area contributed by atoms with Crippen LogP contribution in [0.2, 0.25) is 0 Å². The summed E-state index contributed by atoms with van der Waals surface area (Å²) in [6.45, 7) is 8.78. The van der Waals surface area contributed by atoms with Gasteiger partial charge in [-0.2, -0.15) is 0 Å². The summed E-state index contributed by atoms with van der Waals surface area (Å²) in [6.07, 6.45) is 6.61. The lowest BCUT2D eigenvalue weighted by molar-refractivity contribution is -0.251. The lowest BCUT2D eigenvalue weighted by Crippen LogP contribution is -2.62. The van der Waals surface area contributed by atoms with Gasteiger partial charge in [-0.3, -0.25) is 9.59 Å². The number of hydrogen-bond donors (Lipinski definition) is 0. The molecule has 150 valence electrons. The smallest absolute Gasteiger partial charge is 0.311 e. The molecule has 5 rings (SSSR count). The van der Waals surface area contributed by atoms with Crippen molar-refractivity contribution in [2.24, 2.45) is 39.9 Å². The van der Waals surface area contributed by atoms with Crippen molar-refractivity contribution >= 4 is 11.9 Å². The van der Waals surface area contributed by atoms with Gasteiger partial charge in [-0.25, -0.2) is 0 Å². The Labute approximate surface area is 161 Å². The molecule has 2 aliphatic heterocycles. The van der Waals surface area contributed by atoms with Gasteiger partial charge in [0.25, 0.3) is 0 Å². The molecule has 27 heavy (non-hydrogen) atoms. The number of carbonyl (C=O) groups excluding carboxylic acids is 2. The Balaban J connectivity index is 1.61. The Hall–Kier alpha value is -1.10. The van der Waals surface area contributed by atoms with Gasteiger partial charge in [-0.15, -0.1) is 0 Å². The molecule has 0 amide bonds. The Bertz CT molecular complexity index is 686. The van der Waals surface area contributed by atoms with Crippen LogP contribution >= 0.6 is 0 Å². The molecular formula is C22H32O5. The minimum absolute atomic E-state index is 0.0379. The predicted molar refractivity (Wildman–Crippen MR) is 97.1 cm³/mol. The van der Waals surface area contributed by atoms with E-state index < -0.39 is 12.6 Å². The molecule has 1 spiro atoms. The van der Waals surface area contributed by atoms with E-state index in [4.69, 9.17) is 14.2 Å². The van der Waals surface area contributed by atoms with Crippen LogP contribution in [0.15, 0.2) is 0 Å². The molecule has 5 fully saturated rings. The van der Waals surface area contributed by atoms with Crippen molar-refractivity contribution < 1.29 is 23.8 Å². The summed E-state index contributed by atoms with van der Waals surface area (Å²) < 4.78 is 17.5. The number of hydrogen-bond acceptors (Lipinski definition) is 5. The summed E-state index contributed by atoms with van der Waals surface area (Å²) in [6, 6.07) is 0. The highest BCUT2D eigenvalue weighted by Crippen LogP contribution is 2.73. The monoisotopic (exact) mass is 376 g/mol. The largest absolute Gasteiger partial charge is 0.435 e. The van der Waals surface area contributed by atoms with Gasteiger partial charge in [-0.1, -0.05) is 27.2 Å². The van der Waals surface area contributed by atoms with E-state index in [2.05, 4.69) is 20.8 Å². The normalized spacial score (nSPS) is 52.4. The molecule has 2 saturated heterocycles. The zero-order valence-corrected chi connectivity index (χ0v) is 17.0. The third-order valence-electron chi connectivity index (χ3n) is 9.21. The van der Waals surface area contributed by atoms with Crippen LogP contribution in [0.25, 0.3) is 0 Å². The van der Waals surface area contributed by atoms with Gasteiger partial charge < -0.3 is 14.2 Å². The molecule has 3 saturated carbocycles. The first-order chi connectivity index (χ1) is 12.7. The molecule has 0 aromatic rings. The molecule has 5 nitrogen and oxygen atoms in total. The number of esters is 2. The Morgan fingerprint density at radius 1 is 1.07 bits per heavy atom. The second-order valence-corrected chi connectivity index (χ2v) is 10.7. The van der Waals surface area contributed by atoms with Gasteiger partial charge in [0.1, 0.15) is 0 Å². The first-order valence-electron chi connectivity index (χ1n) is 10.7. The predicted octanol–water partition coefficient (Wildman–Crippen LogP) is 4.04. The Morgan fingerprint density at radius 3 is 2.59 bits per heavy atom. The summed E-state index contributed by atoms with van der Waals surface area (Å²) in [4.78, 5) is 24.3. The van der Waals surface area contributed by atoms with Crippen molar-refractivity contribution in [3.63, 3.8) is 0 Å². The second-order valence-electron chi connectivity index (χ2n) is 10.7. The lowest BCUT2D eigenvalue weighted by Gasteiger charge is -2.65. The van der Waals surface area contributed by atoms with Crippen LogP contribution in [0.4, 0.5) is 0 Å². The fraction of sp³-hybridized carbons (Fsp3) is 0.909. The fourth-order valence-corrected chi connectivity index (χ4v) is 8.45. The van der Waals surface area contributed by atoms with Crippen molar-refractivity contribution in [2.45, 2.75) is 85.2 Å². The van der Waals surface area contributed by atoms with Gasteiger partial charge in [0.05, 0.1) is 5.92 Å². The van der Waals surface area contributed by atoms with E-state index in [1.165, 1.54) is 26.2 Å². The highest BCUT2D eigenvalue weighted by atomic mass is 16.8. The van der Waals surface area contributed by atoms with E-state index >= 15 is 0 Å². The maximum atomic E-state index is 12.5. The van der Waals surface area contributed by atoms with Crippen LogP contribution in [0, 0.1) is 39.9 Å². The van der Waals surface area contributed by atoms with Crippen LogP contribution < -0.4 is 0 Å². The Kier molecular flexibility index (Phi) is 3.65. The van der Waals surface area contributed by atoms with Crippen LogP contribution in [-0.4, -0.2) is 24.5 Å². The lowest BCUT2D eigenvalue weighted by atomic mass is 9.38. The molecule has 0 radical (unpaired) electrons. The van der Waals surface area contributed by atoms with E-state index in [0.717, 1.165) is 25.7 Å². The van der Waals surface area contributed by atoms with Crippen molar-refractivity contribution in [3.05, 3.63) is 0 Å². The van der Waals surface area contributed by atoms with E-state index in [1.54, 1.807) is 0 Å². The van der Waals surface area contributed by atoms with E-state index in [1.807, 2.05) is 0 Å². The maximum absolute atomic E-state index is 12.5. The second kappa shape index (κ2) is 5.49. The summed E-state index contributed by atoms with van der Waals surface area (Å²) in [5, 5.41) is 0. The summed E-state index contributed by atoms with van der Waals surface area (Å²) in [5.74, 6) is 0.604. The first kappa shape index (κ1) is 18.0. The van der Waals surface area contributed by atoms with Crippen molar-refractivity contribution in [2.75, 3.05) is 0 Å². The first-order valence-corrected chi connectivity index (χ1v) is 10.7. The van der Waals surface area contributed by atoms with Crippen LogP contribution in [0.5, 0.6) is 0 Å². The Morgan fingerprint density at radius 2 is 1.85 bits per heavy atom. The zero-order chi connectivity index (χ0) is 19.2. The maximum Gasteiger partial charge on any atom is 0.311 e. The minimum atomic E-state index is -0.575. The molecule has 3 aliphatic carbocycles. The number of rotatable bonds is 1. The SMILES string of the molecule is CC(=O)O[C@H]1OC2OC(=O)[C@@H]3CC[C@@H]4[C@@]5(C)CCCC(C)(C)[C@@H]5CC[C@]14[C@H]23. The number of carbonyl (C=O) groups is 2. The van der Waals surface area contributed by atoms with Crippen LogP contribution in [0.1, 0.15) is 72.6 Å². The van der Waals surface area contributed by atoms with E-state index in [0.29, 0.717) is 17.3 Å². The minimum Gasteiger partial charge on any atom is -0.435 e. The van der Waals surface area contributed by atoms with Crippen molar-refractivity contribution in [1.29, 1.82) is 0 Å². The van der Waals surface area contributed by atoms with Gasteiger partial charge in [-0.05, 0) is 61.2 Å². The molecule has 5 aliphatic rings. The average molecular weight is 376 g/mol. The molecule has 0 bridgehead atoms. The van der Waals surface area contributed by atoms with Crippen LogP contribution in [-0.2, 0) is 23.8 Å². The van der Waals surface area contributed by atoms with Crippen molar-refractivity contribution in [3.8, 4) is 0 Å². The highest BCUT2D eigenvalue weighted by Gasteiger charge is 2.75. The fourth-order valence-electron chi connectivity index (χ4n) is 8.45. The molecule has 0 aromatic heterocycles. The summed E-state index contributed by atoms with van der Waals surface area (Å²) >= 11 is 0. The zero-order valence-electron chi connectivity index (χ0n) is 17.0. The number of fused-ring (bicyclic) bond motifs is 2. The topological polar surface area (TPSA) is 61.8 Å². The third kappa shape index (κ3) is 2.15. The highest BCUT2D eigenvalue weighted by molar-refractivity contribution is 5.76. The molecule has 8 atom stereocenters. The van der Waals surface area contributed by atoms with Gasteiger partial charge in [0.15, 0.2) is 0 Å². The molecule has 5 heteroatoms. The summed E-state index contributed by atoms with van der Waals surface area (Å²) in [5.41, 5.74) is 0.264. The molecular weight excluding hydrogens is 344 g/mol. The van der Waals surface area contributed by atoms with Gasteiger partial charge >= 0.3 is 11.9 Å². The van der Waals surface area contributed by atoms with E-state index in [-0.39, 0.29) is 34.6 Å². The molecule has 1 unspecified atom stereocenters. The van der Waals surface area contributed by atoms with E-state index in [9.17, 15) is 9.59 Å². The third-order valence-corrected chi connectivity index (χ3v) is 9.21. The summed E-state index contributed by atoms with van der Waals surface area (Å²) in [7, 11) is 0. The van der Waals surface area contributed by atoms with Crippen molar-refractivity contribution in [1.82, 2.24) is 0 Å². The standard InChI is InChI=1S/C22H32O5/c1-12(23)25-19-22-11-8-14-20(2,3)9-5-10-21(14,4)15(22)7-6-13-16(22)18(27-19)26-17(13)24/h13-16,18-19H,5-11H2,1-4H3/t13-,14+,15-,16+,18?,19+,21+,22+/m1/s1.